The fourth-order valence-electron chi connectivity index (χ4n) is 8.77. The lowest BCUT2D eigenvalue weighted by atomic mass is 9.82. The van der Waals surface area contributed by atoms with Crippen LogP contribution < -0.4 is 32.5 Å². The molecule has 0 radical (unpaired) electrons. The third-order valence-corrected chi connectivity index (χ3v) is 15.6. The molecule has 11 heterocycles. The highest BCUT2D eigenvalue weighted by atomic mass is 79.9. The monoisotopic (exact) mass is 1330 g/mol. The number of hydrogen-bond acceptors (Lipinski definition) is 21. The summed E-state index contributed by atoms with van der Waals surface area (Å²) < 4.78 is 28.4. The van der Waals surface area contributed by atoms with Crippen molar-refractivity contribution in [2.75, 3.05) is 53.4 Å². The maximum Gasteiger partial charge on any atom is 0.498 e. The van der Waals surface area contributed by atoms with E-state index in [9.17, 15) is 0 Å². The Kier molecular flexibility index (Phi) is 19.6. The minimum atomic E-state index is -0.329. The Bertz CT molecular complexity index is 4140. The number of nitrogen functional groups attached to an aromatic ring is 1. The minimum Gasteiger partial charge on any atom is -0.399 e. The van der Waals surface area contributed by atoms with Crippen LogP contribution in [-0.4, -0.2) is 114 Å². The predicted octanol–water partition coefficient (Wildman–Crippen LogP) is 12.2. The Morgan fingerprint density at radius 2 is 0.911 bits per heavy atom. The lowest BCUT2D eigenvalue weighted by Gasteiger charge is -2.32. The van der Waals surface area contributed by atoms with E-state index < -0.39 is 0 Å². The van der Waals surface area contributed by atoms with Crippen LogP contribution in [0, 0.1) is 13.8 Å². The Labute approximate surface area is 537 Å². The van der Waals surface area contributed by atoms with Gasteiger partial charge in [0.1, 0.15) is 34.7 Å². The Hall–Kier alpha value is -9.44. The van der Waals surface area contributed by atoms with Gasteiger partial charge < -0.3 is 45.8 Å². The van der Waals surface area contributed by atoms with Crippen LogP contribution in [0.15, 0.2) is 192 Å². The molecule has 0 amide bonds. The highest BCUT2D eigenvalue weighted by Crippen LogP contribution is 2.37. The first kappa shape index (κ1) is 62.2. The number of rotatable bonds is 14. The van der Waals surface area contributed by atoms with E-state index in [0.29, 0.717) is 58.9 Å². The summed E-state index contributed by atoms with van der Waals surface area (Å²) in [5.41, 5.74) is 13.8. The normalized spacial score (nSPS) is 14.6. The van der Waals surface area contributed by atoms with E-state index in [2.05, 4.69) is 147 Å². The van der Waals surface area contributed by atoms with E-state index in [1.165, 1.54) is 0 Å². The van der Waals surface area contributed by atoms with E-state index in [-0.39, 0.29) is 18.3 Å². The van der Waals surface area contributed by atoms with Gasteiger partial charge in [-0.05, 0) is 156 Å². The number of anilines is 9. The maximum absolute atomic E-state index is 5.99. The van der Waals surface area contributed by atoms with Gasteiger partial charge in [-0.15, -0.1) is 0 Å². The molecule has 6 N–H and O–H groups in total. The molecule has 0 saturated carbocycles. The van der Waals surface area contributed by atoms with Crippen molar-refractivity contribution in [1.29, 1.82) is 0 Å². The number of hydrogen-bond donors (Lipinski definition) is 5. The van der Waals surface area contributed by atoms with E-state index in [1.807, 2.05) is 151 Å². The van der Waals surface area contributed by atoms with Gasteiger partial charge in [0.25, 0.3) is 0 Å². The van der Waals surface area contributed by atoms with E-state index >= 15 is 0 Å². The third kappa shape index (κ3) is 16.4. The highest BCUT2D eigenvalue weighted by Gasteiger charge is 2.52. The number of nitrogens with zero attached hydrogens (tertiary/aromatic N) is 14. The first-order valence-electron chi connectivity index (χ1n) is 28.8. The van der Waals surface area contributed by atoms with Crippen LogP contribution in [0.25, 0.3) is 34.2 Å². The average Bonchev–Trinajstić information content (AvgIpc) is 1.66. The number of nitrogens with two attached hydrogens (primary N) is 1. The van der Waals surface area contributed by atoms with Crippen molar-refractivity contribution in [2.24, 2.45) is 0 Å². The molecule has 3 saturated heterocycles. The standard InChI is InChI=1S/C26H23N9O.C20H16BrN7.C12H19BN2O3.C6H6BrN/c1-17-3-2-4-22(30-17)25-27-11-9-23(33-25)32-24-10-12-28-26(34-24)31-20-7-5-18(6-8-20)19-13-29-35(14-19)21-15-36-16-21;1-13-3-2-4-16(24-13)19-22-11-9-17(27-19)26-18-10-12-23-20(28-18)25-15-7-5-14(21)6-8-15;1-11(2)12(3,4)18-13(17-11)9-5-14-15(6-9)10-7-16-8-10;7-5-1-3-6(8)4-2-5/h2-14,21H,15-16H2,1H3,(H2,27,28,31,32,33,34);2-12H,1H3,(H2,22,23,25,26,27,28);5-6,10H,7-8H2,1-4H3;1-4H,8H2. The Morgan fingerprint density at radius 3 is 1.37 bits per heavy atom. The lowest BCUT2D eigenvalue weighted by Crippen LogP contribution is -2.41. The molecule has 23 nitrogen and oxygen atoms in total. The zero-order valence-electron chi connectivity index (χ0n) is 50.1. The van der Waals surface area contributed by atoms with Gasteiger partial charge in [-0.1, -0.05) is 56.1 Å². The SMILES string of the molecule is CC1(C)OB(c2cnn(C3COC3)c2)OC1(C)C.Cc1cccc(-c2nccc(Nc3ccnc(Nc4ccc(-c5cnn(C6COC6)c5)cc4)n3)n2)n1.Cc1cccc(-c2nccc(Nc3ccnc(Nc4ccc(Br)cc4)n3)n2)n1.Nc1ccc(Br)cc1. The Balaban J connectivity index is 0.000000136. The third-order valence-electron chi connectivity index (χ3n) is 14.6. The molecular weight excluding hydrogens is 1270 g/mol. The van der Waals surface area contributed by atoms with Crippen LogP contribution >= 0.6 is 31.9 Å². The Morgan fingerprint density at radius 1 is 0.478 bits per heavy atom. The van der Waals surface area contributed by atoms with Gasteiger partial charge in [0.15, 0.2) is 11.6 Å². The van der Waals surface area contributed by atoms with Crippen LogP contribution in [0.4, 0.5) is 52.2 Å². The van der Waals surface area contributed by atoms with Crippen LogP contribution in [0.5, 0.6) is 0 Å². The zero-order valence-corrected chi connectivity index (χ0v) is 53.3. The van der Waals surface area contributed by atoms with Gasteiger partial charge >= 0.3 is 7.12 Å². The molecule has 3 aliphatic heterocycles. The van der Waals surface area contributed by atoms with E-state index in [1.54, 1.807) is 49.1 Å². The number of benzene rings is 3. The van der Waals surface area contributed by atoms with Gasteiger partial charge in [-0.3, -0.25) is 9.36 Å². The lowest BCUT2D eigenvalue weighted by molar-refractivity contribution is -0.0286. The van der Waals surface area contributed by atoms with E-state index in [4.69, 9.17) is 24.5 Å². The van der Waals surface area contributed by atoms with Crippen molar-refractivity contribution in [3.05, 3.63) is 203 Å². The zero-order chi connectivity index (χ0) is 62.6. The average molecular weight is 1330 g/mol. The number of pyridine rings is 2. The predicted molar refractivity (Wildman–Crippen MR) is 355 cm³/mol. The van der Waals surface area contributed by atoms with Gasteiger partial charge in [0, 0.05) is 91.8 Å². The second-order valence-electron chi connectivity index (χ2n) is 22.0. The maximum atomic E-state index is 5.99. The topological polar surface area (TPSA) is 276 Å². The summed E-state index contributed by atoms with van der Waals surface area (Å²) in [7, 11) is -0.329. The summed E-state index contributed by atoms with van der Waals surface area (Å²) in [5, 5.41) is 21.6. The van der Waals surface area contributed by atoms with Crippen molar-refractivity contribution in [1.82, 2.24) is 69.4 Å². The molecule has 14 rings (SSSR count). The quantitative estimate of drug-likeness (QED) is 0.0500. The molecule has 3 aromatic carbocycles. The summed E-state index contributed by atoms with van der Waals surface area (Å²) in [4.78, 5) is 44.4. The highest BCUT2D eigenvalue weighted by molar-refractivity contribution is 9.10. The number of nitrogens with one attached hydrogen (secondary N) is 4. The second kappa shape index (κ2) is 28.4. The molecule has 8 aromatic heterocycles. The number of halogens is 2. The minimum absolute atomic E-state index is 0.306. The number of aromatic nitrogens is 14. The van der Waals surface area contributed by atoms with Crippen LogP contribution in [0.1, 0.15) is 51.2 Å². The van der Waals surface area contributed by atoms with Crippen molar-refractivity contribution in [2.45, 2.75) is 64.8 Å². The first-order valence-corrected chi connectivity index (χ1v) is 30.4. The fourth-order valence-corrected chi connectivity index (χ4v) is 9.30. The van der Waals surface area contributed by atoms with Crippen LogP contribution in [0.3, 0.4) is 0 Å². The summed E-state index contributed by atoms with van der Waals surface area (Å²) in [6.45, 7) is 15.0. The second-order valence-corrected chi connectivity index (χ2v) is 23.8. The molecule has 0 spiro atoms. The molecule has 0 atom stereocenters. The van der Waals surface area contributed by atoms with Crippen molar-refractivity contribution in [3.63, 3.8) is 0 Å². The largest absolute Gasteiger partial charge is 0.498 e. The molecule has 26 heteroatoms. The summed E-state index contributed by atoms with van der Waals surface area (Å²) in [5.74, 6) is 4.53. The smallest absolute Gasteiger partial charge is 0.399 e. The molecule has 90 heavy (non-hydrogen) atoms. The molecule has 0 bridgehead atoms. The molecular formula is C64H64BBr2N19O4. The molecule has 11 aromatic rings. The molecule has 0 aliphatic carbocycles. The molecule has 456 valence electrons. The first-order chi connectivity index (χ1) is 43.5. The molecule has 3 fully saturated rings. The molecule has 0 unspecified atom stereocenters. The van der Waals surface area contributed by atoms with Crippen LogP contribution in [-0.2, 0) is 18.8 Å². The fraction of sp³-hybridized carbons (Fsp3) is 0.219. The van der Waals surface area contributed by atoms with Gasteiger partial charge in [-0.25, -0.2) is 39.9 Å². The summed E-state index contributed by atoms with van der Waals surface area (Å²) in [6, 6.07) is 42.7. The number of ether oxygens (including phenoxy) is 2. The molecule has 3 aliphatic rings. The summed E-state index contributed by atoms with van der Waals surface area (Å²) >= 11 is 6.71. The van der Waals surface area contributed by atoms with Gasteiger partial charge in [0.05, 0.1) is 55.9 Å². The van der Waals surface area contributed by atoms with Crippen molar-refractivity contribution in [3.8, 4) is 34.2 Å². The summed E-state index contributed by atoms with van der Waals surface area (Å²) in [6.07, 6.45) is 14.5. The van der Waals surface area contributed by atoms with Crippen molar-refractivity contribution >= 4 is 96.7 Å². The van der Waals surface area contributed by atoms with Gasteiger partial charge in [-0.2, -0.15) is 20.2 Å². The van der Waals surface area contributed by atoms with E-state index in [0.717, 1.165) is 91.8 Å². The van der Waals surface area contributed by atoms with Crippen molar-refractivity contribution < 1.29 is 18.8 Å². The van der Waals surface area contributed by atoms with Crippen LogP contribution in [0.2, 0.25) is 0 Å². The van der Waals surface area contributed by atoms with Gasteiger partial charge in [0.2, 0.25) is 11.9 Å². The number of aryl methyl sites for hydroxylation is 2.